The Morgan fingerprint density at radius 1 is 1.33 bits per heavy atom. The van der Waals surface area contributed by atoms with Crippen LogP contribution in [0, 0.1) is 16.7 Å². The van der Waals surface area contributed by atoms with Crippen molar-refractivity contribution in [2.45, 2.75) is 33.6 Å². The van der Waals surface area contributed by atoms with Crippen LogP contribution in [0.2, 0.25) is 0 Å². The van der Waals surface area contributed by atoms with Crippen LogP contribution in [-0.2, 0) is 4.79 Å². The molecular formula is C12H20N2O. The molecule has 0 N–H and O–H groups in total. The quantitative estimate of drug-likeness (QED) is 0.617. The van der Waals surface area contributed by atoms with Crippen LogP contribution in [0.15, 0.2) is 5.10 Å². The first-order valence-corrected chi connectivity index (χ1v) is 5.61. The van der Waals surface area contributed by atoms with Crippen molar-refractivity contribution in [3.05, 3.63) is 0 Å². The lowest BCUT2D eigenvalue weighted by atomic mass is 9.70. The normalized spacial score (nSPS) is 40.2. The second-order valence-electron chi connectivity index (χ2n) is 5.81. The van der Waals surface area contributed by atoms with Gasteiger partial charge in [-0.3, -0.25) is 4.79 Å². The molecule has 0 radical (unpaired) electrons. The Labute approximate surface area is 91.5 Å². The Morgan fingerprint density at radius 2 is 1.93 bits per heavy atom. The maximum atomic E-state index is 12.3. The summed E-state index contributed by atoms with van der Waals surface area (Å²) in [4.78, 5) is 12.3. The van der Waals surface area contributed by atoms with Gasteiger partial charge in [0.2, 0.25) is 0 Å². The molecule has 2 fully saturated rings. The highest BCUT2D eigenvalue weighted by atomic mass is 16.1. The van der Waals surface area contributed by atoms with Crippen molar-refractivity contribution in [3.63, 3.8) is 0 Å². The summed E-state index contributed by atoms with van der Waals surface area (Å²) >= 11 is 0. The maximum Gasteiger partial charge on any atom is 0.185 e. The minimum Gasteiger partial charge on any atom is -0.303 e. The van der Waals surface area contributed by atoms with Crippen LogP contribution in [0.4, 0.5) is 0 Å². The molecule has 2 rings (SSSR count). The van der Waals surface area contributed by atoms with E-state index in [1.165, 1.54) is 0 Å². The lowest BCUT2D eigenvalue weighted by Gasteiger charge is -2.31. The molecule has 0 aliphatic heterocycles. The van der Waals surface area contributed by atoms with Gasteiger partial charge in [-0.2, -0.15) is 5.10 Å². The highest BCUT2D eigenvalue weighted by Crippen LogP contribution is 2.62. The molecule has 2 bridgehead atoms. The topological polar surface area (TPSA) is 32.7 Å². The average molecular weight is 208 g/mol. The first-order chi connectivity index (χ1) is 6.80. The molecule has 15 heavy (non-hydrogen) atoms. The smallest absolute Gasteiger partial charge is 0.185 e. The Hall–Kier alpha value is -0.860. The number of carbonyl (C=O) groups is 1. The van der Waals surface area contributed by atoms with E-state index >= 15 is 0 Å². The maximum absolute atomic E-state index is 12.3. The van der Waals surface area contributed by atoms with Crippen LogP contribution in [0.3, 0.4) is 0 Å². The molecule has 0 aromatic carbocycles. The molecule has 0 saturated heterocycles. The van der Waals surface area contributed by atoms with Gasteiger partial charge in [0.1, 0.15) is 5.71 Å². The Morgan fingerprint density at radius 3 is 2.33 bits per heavy atom. The zero-order valence-electron chi connectivity index (χ0n) is 10.3. The van der Waals surface area contributed by atoms with Crippen LogP contribution in [-0.4, -0.2) is 30.6 Å². The number of fused-ring (bicyclic) bond motifs is 2. The largest absolute Gasteiger partial charge is 0.303 e. The van der Waals surface area contributed by atoms with Gasteiger partial charge in [0, 0.05) is 25.4 Å². The van der Waals surface area contributed by atoms with Crippen molar-refractivity contribution in [2.75, 3.05) is 14.1 Å². The SMILES string of the molecule is CN(C)/N=C1\C(=O)[C@]2(C)CC[C@H]1C2(C)C. The van der Waals surface area contributed by atoms with Crippen molar-refractivity contribution in [3.8, 4) is 0 Å². The molecular weight excluding hydrogens is 188 g/mol. The van der Waals surface area contributed by atoms with E-state index < -0.39 is 0 Å². The van der Waals surface area contributed by atoms with Gasteiger partial charge in [0.05, 0.1) is 0 Å². The Bertz CT molecular complexity index is 344. The van der Waals surface area contributed by atoms with Gasteiger partial charge in [-0.15, -0.1) is 0 Å². The van der Waals surface area contributed by atoms with Crippen molar-refractivity contribution >= 4 is 11.5 Å². The van der Waals surface area contributed by atoms with E-state index in [1.54, 1.807) is 5.01 Å². The predicted molar refractivity (Wildman–Crippen MR) is 60.7 cm³/mol. The Kier molecular flexibility index (Phi) is 2.01. The van der Waals surface area contributed by atoms with Gasteiger partial charge in [-0.05, 0) is 18.3 Å². The number of rotatable bonds is 1. The Balaban J connectivity index is 2.47. The van der Waals surface area contributed by atoms with Gasteiger partial charge in [0.15, 0.2) is 5.78 Å². The van der Waals surface area contributed by atoms with E-state index in [9.17, 15) is 4.79 Å². The second kappa shape index (κ2) is 2.83. The molecule has 84 valence electrons. The lowest BCUT2D eigenvalue weighted by molar-refractivity contribution is -0.123. The van der Waals surface area contributed by atoms with Gasteiger partial charge in [0.25, 0.3) is 0 Å². The molecule has 2 atom stereocenters. The lowest BCUT2D eigenvalue weighted by Crippen LogP contribution is -2.33. The number of nitrogens with zero attached hydrogens (tertiary/aromatic N) is 2. The molecule has 2 saturated carbocycles. The van der Waals surface area contributed by atoms with Crippen LogP contribution in [0.25, 0.3) is 0 Å². The van der Waals surface area contributed by atoms with E-state index in [0.29, 0.717) is 5.92 Å². The first-order valence-electron chi connectivity index (χ1n) is 5.61. The third kappa shape index (κ3) is 1.12. The predicted octanol–water partition coefficient (Wildman–Crippen LogP) is 1.93. The van der Waals surface area contributed by atoms with Gasteiger partial charge < -0.3 is 5.01 Å². The molecule has 0 amide bonds. The van der Waals surface area contributed by atoms with Crippen molar-refractivity contribution in [1.29, 1.82) is 0 Å². The third-order valence-electron chi connectivity index (χ3n) is 4.60. The number of hydrogen-bond donors (Lipinski definition) is 0. The van der Waals surface area contributed by atoms with Gasteiger partial charge in [-0.25, -0.2) is 0 Å². The molecule has 0 unspecified atom stereocenters. The third-order valence-corrected chi connectivity index (χ3v) is 4.60. The van der Waals surface area contributed by atoms with Gasteiger partial charge in [-0.1, -0.05) is 20.8 Å². The van der Waals surface area contributed by atoms with E-state index in [-0.39, 0.29) is 16.6 Å². The summed E-state index contributed by atoms with van der Waals surface area (Å²) in [6.07, 6.45) is 2.14. The molecule has 0 spiro atoms. The summed E-state index contributed by atoms with van der Waals surface area (Å²) in [7, 11) is 3.75. The molecule has 0 aromatic heterocycles. The van der Waals surface area contributed by atoms with Crippen molar-refractivity contribution in [2.24, 2.45) is 21.8 Å². The van der Waals surface area contributed by atoms with E-state index in [1.807, 2.05) is 14.1 Å². The minimum atomic E-state index is -0.174. The van der Waals surface area contributed by atoms with Gasteiger partial charge >= 0.3 is 0 Å². The van der Waals surface area contributed by atoms with E-state index in [4.69, 9.17) is 0 Å². The highest BCUT2D eigenvalue weighted by molar-refractivity contribution is 6.45. The van der Waals surface area contributed by atoms with Crippen LogP contribution >= 0.6 is 0 Å². The van der Waals surface area contributed by atoms with E-state index in [2.05, 4.69) is 25.9 Å². The standard InChI is InChI=1S/C12H20N2O/c1-11(2)8-6-7-12(11,3)10(15)9(8)13-14(4)5/h8H,6-7H2,1-5H3/b13-9-/t8-,12+/m1/s1. The fraction of sp³-hybridized carbons (Fsp3) is 0.833. The summed E-state index contributed by atoms with van der Waals surface area (Å²) in [5.41, 5.74) is 0.713. The van der Waals surface area contributed by atoms with Crippen LogP contribution in [0.1, 0.15) is 33.6 Å². The fourth-order valence-corrected chi connectivity index (χ4v) is 3.16. The highest BCUT2D eigenvalue weighted by Gasteiger charge is 2.65. The van der Waals surface area contributed by atoms with Crippen molar-refractivity contribution < 1.29 is 4.79 Å². The summed E-state index contributed by atoms with van der Waals surface area (Å²) in [6.45, 7) is 6.52. The zero-order chi connectivity index (χ0) is 11.4. The van der Waals surface area contributed by atoms with Crippen LogP contribution in [0.5, 0.6) is 0 Å². The van der Waals surface area contributed by atoms with Crippen LogP contribution < -0.4 is 0 Å². The molecule has 0 aromatic rings. The second-order valence-corrected chi connectivity index (χ2v) is 5.81. The monoisotopic (exact) mass is 208 g/mol. The minimum absolute atomic E-state index is 0.0823. The summed E-state index contributed by atoms with van der Waals surface area (Å²) in [5.74, 6) is 0.634. The number of hydrazone groups is 1. The molecule has 0 heterocycles. The van der Waals surface area contributed by atoms with Crippen molar-refractivity contribution in [1.82, 2.24) is 5.01 Å². The average Bonchev–Trinajstić information content (AvgIpc) is 2.40. The number of Topliss-reactive ketones (excluding diaryl/α,β-unsaturated/α-hetero) is 1. The molecule has 3 nitrogen and oxygen atoms in total. The first kappa shape index (κ1) is 10.7. The summed E-state index contributed by atoms with van der Waals surface area (Å²) in [6, 6.07) is 0. The fourth-order valence-electron chi connectivity index (χ4n) is 3.16. The molecule has 2 aliphatic rings. The molecule has 3 heteroatoms. The molecule has 2 aliphatic carbocycles. The summed E-state index contributed by atoms with van der Waals surface area (Å²) < 4.78 is 0. The number of hydrogen-bond acceptors (Lipinski definition) is 3. The number of carbonyl (C=O) groups excluding carboxylic acids is 1. The number of ketones is 1. The van der Waals surface area contributed by atoms with E-state index in [0.717, 1.165) is 18.6 Å². The zero-order valence-corrected chi connectivity index (χ0v) is 10.3. The summed E-state index contributed by atoms with van der Waals surface area (Å²) in [5, 5.41) is 6.12.